The van der Waals surface area contributed by atoms with Crippen LogP contribution < -0.4 is 5.32 Å². The predicted octanol–water partition coefficient (Wildman–Crippen LogP) is 1.98. The van der Waals surface area contributed by atoms with Crippen molar-refractivity contribution < 1.29 is 4.79 Å². The third kappa shape index (κ3) is 1.57. The Balaban J connectivity index is 1.81. The van der Waals surface area contributed by atoms with E-state index >= 15 is 0 Å². The van der Waals surface area contributed by atoms with Crippen LogP contribution in [-0.2, 0) is 4.79 Å². The normalized spacial score (nSPS) is 33.4. The second kappa shape index (κ2) is 3.86. The average Bonchev–Trinajstić information content (AvgIpc) is 2.72. The lowest BCUT2D eigenvalue weighted by Crippen LogP contribution is -2.33. The third-order valence-corrected chi connectivity index (χ3v) is 4.34. The highest BCUT2D eigenvalue weighted by atomic mass is 32.1. The summed E-state index contributed by atoms with van der Waals surface area (Å²) in [5, 5.41) is 7.51. The topological polar surface area (TPSA) is 32.3 Å². The molecule has 1 saturated heterocycles. The van der Waals surface area contributed by atoms with Gasteiger partial charge in [-0.3, -0.25) is 10.1 Å². The average molecular weight is 236 g/mol. The second-order valence-corrected chi connectivity index (χ2v) is 5.39. The maximum absolute atomic E-state index is 11.9. The zero-order chi connectivity index (χ0) is 11.1. The highest BCUT2D eigenvalue weighted by Gasteiger charge is 2.47. The van der Waals surface area contributed by atoms with Crippen LogP contribution in [0, 0.1) is 5.92 Å². The van der Waals surface area contributed by atoms with E-state index in [1.54, 1.807) is 11.3 Å². The molecule has 16 heavy (non-hydrogen) atoms. The van der Waals surface area contributed by atoms with Gasteiger partial charge in [0.2, 0.25) is 5.91 Å². The second-order valence-electron chi connectivity index (χ2n) is 4.61. The van der Waals surface area contributed by atoms with E-state index in [0.717, 1.165) is 5.92 Å². The lowest BCUT2D eigenvalue weighted by atomic mass is 10.2. The summed E-state index contributed by atoms with van der Waals surface area (Å²) in [6, 6.07) is 2.59. The van der Waals surface area contributed by atoms with Crippen molar-refractivity contribution in [1.82, 2.24) is 10.2 Å². The molecule has 1 N–H and O–H groups in total. The number of thiophene rings is 1. The monoisotopic (exact) mass is 236 g/mol. The molecule has 1 aromatic rings. The lowest BCUT2D eigenvalue weighted by Gasteiger charge is -2.24. The van der Waals surface area contributed by atoms with Gasteiger partial charge in [0, 0.05) is 6.04 Å². The third-order valence-electron chi connectivity index (χ3n) is 3.64. The van der Waals surface area contributed by atoms with E-state index in [1.807, 2.05) is 0 Å². The minimum Gasteiger partial charge on any atom is -0.319 e. The maximum atomic E-state index is 11.9. The van der Waals surface area contributed by atoms with Gasteiger partial charge in [0.25, 0.3) is 0 Å². The van der Waals surface area contributed by atoms with Crippen molar-refractivity contribution in [2.45, 2.75) is 32.0 Å². The summed E-state index contributed by atoms with van der Waals surface area (Å²) in [6.45, 7) is 2.70. The number of rotatable bonds is 3. The van der Waals surface area contributed by atoms with Crippen molar-refractivity contribution in [3.63, 3.8) is 0 Å². The molecule has 1 aliphatic heterocycles. The molecule has 2 aliphatic rings. The van der Waals surface area contributed by atoms with Crippen molar-refractivity contribution in [1.29, 1.82) is 0 Å². The zero-order valence-electron chi connectivity index (χ0n) is 9.35. The van der Waals surface area contributed by atoms with Crippen molar-refractivity contribution in [3.05, 3.63) is 22.4 Å². The number of carbonyl (C=O) groups excluding carboxylic acids is 1. The molecule has 0 radical (unpaired) electrons. The lowest BCUT2D eigenvalue weighted by molar-refractivity contribution is -0.128. The summed E-state index contributed by atoms with van der Waals surface area (Å²) in [4.78, 5) is 14.0. The molecule has 1 saturated carbocycles. The molecule has 3 atom stereocenters. The van der Waals surface area contributed by atoms with Gasteiger partial charge in [0.1, 0.15) is 6.17 Å². The Morgan fingerprint density at radius 3 is 3.12 bits per heavy atom. The van der Waals surface area contributed by atoms with Gasteiger partial charge in [-0.25, -0.2) is 0 Å². The van der Waals surface area contributed by atoms with Gasteiger partial charge in [-0.1, -0.05) is 13.3 Å². The van der Waals surface area contributed by atoms with Crippen LogP contribution in [0.4, 0.5) is 0 Å². The van der Waals surface area contributed by atoms with Crippen molar-refractivity contribution in [3.8, 4) is 0 Å². The first-order chi connectivity index (χ1) is 7.81. The van der Waals surface area contributed by atoms with E-state index in [2.05, 4.69) is 34.0 Å². The summed E-state index contributed by atoms with van der Waals surface area (Å²) >= 11 is 1.69. The molecule has 0 bridgehead atoms. The molecule has 3 nitrogen and oxygen atoms in total. The molecule has 0 aromatic carbocycles. The first-order valence-electron chi connectivity index (χ1n) is 5.88. The molecular weight excluding hydrogens is 220 g/mol. The molecule has 4 heteroatoms. The van der Waals surface area contributed by atoms with Crippen molar-refractivity contribution in [2.75, 3.05) is 6.54 Å². The van der Waals surface area contributed by atoms with Crippen molar-refractivity contribution >= 4 is 17.2 Å². The molecule has 0 spiro atoms. The van der Waals surface area contributed by atoms with Crippen LogP contribution in [0.5, 0.6) is 0 Å². The molecule has 1 aromatic heterocycles. The maximum Gasteiger partial charge on any atom is 0.238 e. The van der Waals surface area contributed by atoms with E-state index in [0.29, 0.717) is 12.6 Å². The first kappa shape index (κ1) is 10.3. The minimum absolute atomic E-state index is 0.125. The van der Waals surface area contributed by atoms with Crippen LogP contribution in [0.2, 0.25) is 0 Å². The van der Waals surface area contributed by atoms with Crippen LogP contribution >= 0.6 is 11.3 Å². The Hall–Kier alpha value is -0.870. The summed E-state index contributed by atoms with van der Waals surface area (Å²) in [6.07, 6.45) is 2.50. The Bertz CT molecular complexity index is 390. The van der Waals surface area contributed by atoms with E-state index in [-0.39, 0.29) is 12.1 Å². The van der Waals surface area contributed by atoms with Gasteiger partial charge in [0.05, 0.1) is 6.54 Å². The van der Waals surface area contributed by atoms with Gasteiger partial charge in [-0.15, -0.1) is 0 Å². The Morgan fingerprint density at radius 1 is 1.62 bits per heavy atom. The molecule has 3 rings (SSSR count). The smallest absolute Gasteiger partial charge is 0.238 e. The van der Waals surface area contributed by atoms with Crippen LogP contribution in [0.3, 0.4) is 0 Å². The van der Waals surface area contributed by atoms with Gasteiger partial charge in [-0.2, -0.15) is 11.3 Å². The van der Waals surface area contributed by atoms with Crippen molar-refractivity contribution in [2.24, 2.45) is 5.92 Å². The zero-order valence-corrected chi connectivity index (χ0v) is 10.2. The molecule has 86 valence electrons. The number of hydrogen-bond acceptors (Lipinski definition) is 3. The fraction of sp³-hybridized carbons (Fsp3) is 0.583. The fourth-order valence-corrected chi connectivity index (χ4v) is 3.29. The Kier molecular flexibility index (Phi) is 2.48. The molecule has 1 aliphatic carbocycles. The summed E-state index contributed by atoms with van der Waals surface area (Å²) < 4.78 is 0. The van der Waals surface area contributed by atoms with Crippen LogP contribution in [0.15, 0.2) is 16.8 Å². The van der Waals surface area contributed by atoms with Gasteiger partial charge < -0.3 is 4.90 Å². The van der Waals surface area contributed by atoms with Gasteiger partial charge >= 0.3 is 0 Å². The van der Waals surface area contributed by atoms with Gasteiger partial charge in [-0.05, 0) is 34.7 Å². The summed E-state index contributed by atoms with van der Waals surface area (Å²) in [5.41, 5.74) is 1.23. The minimum atomic E-state index is 0.125. The summed E-state index contributed by atoms with van der Waals surface area (Å²) in [7, 11) is 0. The number of hydrogen-bond donors (Lipinski definition) is 1. The highest BCUT2D eigenvalue weighted by molar-refractivity contribution is 7.07. The molecule has 2 heterocycles. The standard InChI is InChI=1S/C12H16N2OS/c1-2-8-5-10(8)14-11(15)6-13-12(14)9-3-4-16-7-9/h3-4,7-8,10,12-13H,2,5-6H2,1H3. The number of nitrogens with zero attached hydrogens (tertiary/aromatic N) is 1. The Labute approximate surface area is 99.5 Å². The largest absolute Gasteiger partial charge is 0.319 e. The number of carbonyl (C=O) groups is 1. The molecule has 1 amide bonds. The predicted molar refractivity (Wildman–Crippen MR) is 64.1 cm³/mol. The summed E-state index contributed by atoms with van der Waals surface area (Å²) in [5.74, 6) is 0.988. The SMILES string of the molecule is CCC1CC1N1C(=O)CNC1c1ccsc1. The quantitative estimate of drug-likeness (QED) is 0.870. The Morgan fingerprint density at radius 2 is 2.50 bits per heavy atom. The highest BCUT2D eigenvalue weighted by Crippen LogP contribution is 2.43. The van der Waals surface area contributed by atoms with Crippen LogP contribution in [0.1, 0.15) is 31.5 Å². The van der Waals surface area contributed by atoms with Crippen LogP contribution in [-0.4, -0.2) is 23.4 Å². The van der Waals surface area contributed by atoms with Crippen LogP contribution in [0.25, 0.3) is 0 Å². The number of amides is 1. The molecular formula is C12H16N2OS. The van der Waals surface area contributed by atoms with E-state index in [9.17, 15) is 4.79 Å². The van der Waals surface area contributed by atoms with E-state index in [1.165, 1.54) is 18.4 Å². The number of nitrogens with one attached hydrogen (secondary N) is 1. The fourth-order valence-electron chi connectivity index (χ4n) is 2.61. The first-order valence-corrected chi connectivity index (χ1v) is 6.82. The van der Waals surface area contributed by atoms with Gasteiger partial charge in [0.15, 0.2) is 0 Å². The molecule has 2 fully saturated rings. The molecule has 3 unspecified atom stereocenters. The van der Waals surface area contributed by atoms with E-state index < -0.39 is 0 Å². The van der Waals surface area contributed by atoms with E-state index in [4.69, 9.17) is 0 Å².